The van der Waals surface area contributed by atoms with Crippen molar-refractivity contribution in [3.05, 3.63) is 71.8 Å². The minimum Gasteiger partial charge on any atom is -0.289 e. The third kappa shape index (κ3) is 13.7. The molecule has 0 spiro atoms. The molecule has 1 unspecified atom stereocenters. The van der Waals surface area contributed by atoms with Gasteiger partial charge in [-0.2, -0.15) is 9.90 Å². The van der Waals surface area contributed by atoms with Gasteiger partial charge in [-0.3, -0.25) is 4.79 Å². The van der Waals surface area contributed by atoms with Gasteiger partial charge in [-0.25, -0.2) is 0 Å². The van der Waals surface area contributed by atoms with Gasteiger partial charge in [-0.1, -0.05) is 97.9 Å². The quantitative estimate of drug-likeness (QED) is 0.442. The van der Waals surface area contributed by atoms with Crippen molar-refractivity contribution in [1.82, 2.24) is 0 Å². The molecule has 130 valence electrons. The van der Waals surface area contributed by atoms with Gasteiger partial charge < -0.3 is 0 Å². The molecule has 2 aromatic rings. The third-order valence-electron chi connectivity index (χ3n) is 1.96. The Morgan fingerprint density at radius 1 is 0.696 bits per heavy atom. The van der Waals surface area contributed by atoms with Crippen LogP contribution in [0.3, 0.4) is 0 Å². The second-order valence-electron chi connectivity index (χ2n) is 2.92. The Labute approximate surface area is 148 Å². The molecule has 1 atom stereocenters. The lowest BCUT2D eigenvalue weighted by Crippen LogP contribution is -1.99. The molecule has 0 aromatic heterocycles. The predicted octanol–water partition coefficient (Wildman–Crippen LogP) is 6.68. The van der Waals surface area contributed by atoms with Crippen molar-refractivity contribution in [3.8, 4) is 0 Å². The van der Waals surface area contributed by atoms with Crippen molar-refractivity contribution in [2.75, 3.05) is 0 Å². The Bertz CT molecular complexity index is 383. The van der Waals surface area contributed by atoms with Gasteiger partial charge in [-0.05, 0) is 18.2 Å². The lowest BCUT2D eigenvalue weighted by Gasteiger charge is -1.97. The van der Waals surface area contributed by atoms with Crippen LogP contribution in [0.5, 0.6) is 0 Å². The van der Waals surface area contributed by atoms with Crippen LogP contribution in [0.4, 0.5) is 0 Å². The maximum absolute atomic E-state index is 11.8. The van der Waals surface area contributed by atoms with Crippen LogP contribution >= 0.6 is 9.90 Å². The van der Waals surface area contributed by atoms with E-state index in [4.69, 9.17) is 0 Å². The van der Waals surface area contributed by atoms with Gasteiger partial charge in [0.15, 0.2) is 5.78 Å². The van der Waals surface area contributed by atoms with Crippen molar-refractivity contribution >= 4 is 15.7 Å². The molecule has 2 rings (SSSR count). The fraction of sp³-hybridized carbons (Fsp3) is 0.381. The second kappa shape index (κ2) is 25.3. The van der Waals surface area contributed by atoms with Crippen LogP contribution in [0.25, 0.3) is 0 Å². The van der Waals surface area contributed by atoms with Crippen LogP contribution in [-0.2, 0) is 0 Å². The molecule has 0 bridgehead atoms. The van der Waals surface area contributed by atoms with E-state index in [1.165, 1.54) is 0 Å². The van der Waals surface area contributed by atoms with Crippen LogP contribution in [-0.4, -0.2) is 5.78 Å². The van der Waals surface area contributed by atoms with Crippen molar-refractivity contribution in [2.45, 2.75) is 55.4 Å². The Balaban J connectivity index is -0.000000176. The summed E-state index contributed by atoms with van der Waals surface area (Å²) in [7, 11) is 0. The Kier molecular flexibility index (Phi) is 32.3. The second-order valence-corrected chi connectivity index (χ2v) is 2.92. The summed E-state index contributed by atoms with van der Waals surface area (Å²) >= 11 is 0. The minimum atomic E-state index is 0. The van der Waals surface area contributed by atoms with E-state index in [1.807, 2.05) is 73.6 Å². The van der Waals surface area contributed by atoms with E-state index in [9.17, 15) is 4.79 Å². The summed E-state index contributed by atoms with van der Waals surface area (Å²) in [4.78, 5) is 11.8. The fourth-order valence-corrected chi connectivity index (χ4v) is 1.24. The van der Waals surface area contributed by atoms with Gasteiger partial charge in [0.25, 0.3) is 0 Å². The van der Waals surface area contributed by atoms with Crippen molar-refractivity contribution in [1.29, 1.82) is 0 Å². The topological polar surface area (TPSA) is 17.1 Å². The van der Waals surface area contributed by atoms with E-state index >= 15 is 0 Å². The third-order valence-corrected chi connectivity index (χ3v) is 1.96. The molecule has 2 heteroatoms. The molecule has 0 heterocycles. The molecular formula is C21H35OP. The Hall–Kier alpha value is -1.64. The molecule has 0 fully saturated rings. The van der Waals surface area contributed by atoms with Crippen molar-refractivity contribution in [3.63, 3.8) is 0 Å². The van der Waals surface area contributed by atoms with Crippen LogP contribution in [0, 0.1) is 12.1 Å². The van der Waals surface area contributed by atoms with Crippen molar-refractivity contribution in [2.24, 2.45) is 0 Å². The molecule has 1 nitrogen and oxygen atoms in total. The van der Waals surface area contributed by atoms with E-state index < -0.39 is 0 Å². The normalized spacial score (nSPS) is 6.61. The summed E-state index contributed by atoms with van der Waals surface area (Å²) in [6.07, 6.45) is 0. The monoisotopic (exact) mass is 334 g/mol. The van der Waals surface area contributed by atoms with Gasteiger partial charge in [0.05, 0.1) is 0 Å². The van der Waals surface area contributed by atoms with E-state index in [0.717, 1.165) is 0 Å². The van der Waals surface area contributed by atoms with Crippen molar-refractivity contribution < 1.29 is 4.79 Å². The molecule has 0 aliphatic heterocycles. The highest BCUT2D eigenvalue weighted by Gasteiger charge is 2.06. The van der Waals surface area contributed by atoms with E-state index in [-0.39, 0.29) is 15.7 Å². The standard InChI is InChI=1S/C13H8O.4C2H6.H3P/c14-13(11-7-3-1-4-8-11)12-9-5-2-6-10-12;4*1-2;/h1,3-5,7-10H;4*1-2H3;1H3. The van der Waals surface area contributed by atoms with Gasteiger partial charge in [0, 0.05) is 11.1 Å². The van der Waals surface area contributed by atoms with Gasteiger partial charge >= 0.3 is 0 Å². The molecular weight excluding hydrogens is 299 g/mol. The Morgan fingerprint density at radius 3 is 1.57 bits per heavy atom. The highest BCUT2D eigenvalue weighted by atomic mass is 31.0. The summed E-state index contributed by atoms with van der Waals surface area (Å²) in [5, 5.41) is 0. The molecule has 0 N–H and O–H groups in total. The molecule has 0 aliphatic carbocycles. The lowest BCUT2D eigenvalue weighted by molar-refractivity contribution is 0.103. The highest BCUT2D eigenvalue weighted by Crippen LogP contribution is 2.07. The van der Waals surface area contributed by atoms with E-state index in [1.54, 1.807) is 30.3 Å². The number of hydrogen-bond acceptors (Lipinski definition) is 1. The molecule has 0 saturated heterocycles. The minimum absolute atomic E-state index is 0. The van der Waals surface area contributed by atoms with Crippen LogP contribution in [0.15, 0.2) is 48.5 Å². The first kappa shape index (κ1) is 29.4. The summed E-state index contributed by atoms with van der Waals surface area (Å²) in [6.45, 7) is 16.0. The molecule has 0 radical (unpaired) electrons. The van der Waals surface area contributed by atoms with Gasteiger partial charge in [0.1, 0.15) is 0 Å². The molecule has 0 aliphatic rings. The zero-order valence-corrected chi connectivity index (χ0v) is 17.6. The predicted molar refractivity (Wildman–Crippen MR) is 110 cm³/mol. The summed E-state index contributed by atoms with van der Waals surface area (Å²) in [6, 6.07) is 19.8. The summed E-state index contributed by atoms with van der Waals surface area (Å²) in [5.41, 5.74) is 1.35. The largest absolute Gasteiger partial charge is 0.289 e. The SMILES string of the molecule is CC.CC.CC.CC.O=C(c1cc#ccc1)c1ccccc1.P. The first-order valence-electron chi connectivity index (χ1n) is 8.35. The first-order chi connectivity index (χ1) is 10.9. The molecule has 2 aromatic carbocycles. The van der Waals surface area contributed by atoms with Gasteiger partial charge in [-0.15, -0.1) is 0 Å². The van der Waals surface area contributed by atoms with Crippen LogP contribution in [0.1, 0.15) is 71.3 Å². The maximum atomic E-state index is 11.8. The highest BCUT2D eigenvalue weighted by molar-refractivity contribution is 6.92. The Morgan fingerprint density at radius 2 is 1.17 bits per heavy atom. The van der Waals surface area contributed by atoms with Gasteiger partial charge in [0.2, 0.25) is 0 Å². The molecule has 0 saturated carbocycles. The lowest BCUT2D eigenvalue weighted by atomic mass is 10.0. The average Bonchev–Trinajstić information content (AvgIpc) is 2.69. The van der Waals surface area contributed by atoms with E-state index in [2.05, 4.69) is 12.1 Å². The van der Waals surface area contributed by atoms with Crippen LogP contribution < -0.4 is 0 Å². The fourth-order valence-electron chi connectivity index (χ4n) is 1.24. The van der Waals surface area contributed by atoms with Crippen LogP contribution in [0.2, 0.25) is 0 Å². The summed E-state index contributed by atoms with van der Waals surface area (Å²) in [5.74, 6) is 0.0239. The first-order valence-corrected chi connectivity index (χ1v) is 8.35. The average molecular weight is 334 g/mol. The smallest absolute Gasteiger partial charge is 0.193 e. The maximum Gasteiger partial charge on any atom is 0.193 e. The number of rotatable bonds is 2. The number of carbonyl (C=O) groups is 1. The molecule has 0 amide bonds. The number of ketones is 1. The number of hydrogen-bond donors (Lipinski definition) is 0. The van der Waals surface area contributed by atoms with E-state index in [0.29, 0.717) is 11.1 Å². The zero-order valence-electron chi connectivity index (χ0n) is 16.2. The number of benzene rings is 1. The number of carbonyl (C=O) groups excluding carboxylic acids is 1. The molecule has 23 heavy (non-hydrogen) atoms. The zero-order chi connectivity index (χ0) is 17.8. The summed E-state index contributed by atoms with van der Waals surface area (Å²) < 4.78 is 0.